The Morgan fingerprint density at radius 1 is 0.980 bits per heavy atom. The van der Waals surface area contributed by atoms with Gasteiger partial charge in [0.25, 0.3) is 0 Å². The molecule has 51 heavy (non-hydrogen) atoms. The second kappa shape index (κ2) is 18.0. The minimum Gasteiger partial charge on any atom is -0.457 e. The Labute approximate surface area is 299 Å². The van der Waals surface area contributed by atoms with E-state index in [4.69, 9.17) is 9.57 Å². The van der Waals surface area contributed by atoms with Crippen LogP contribution >= 0.6 is 0 Å². The normalized spacial score (nSPS) is 18.0. The van der Waals surface area contributed by atoms with E-state index in [0.717, 1.165) is 17.8 Å². The summed E-state index contributed by atoms with van der Waals surface area (Å²) in [5, 5.41) is 25.2. The van der Waals surface area contributed by atoms with Gasteiger partial charge in [-0.15, -0.1) is 0 Å². The maximum atomic E-state index is 13.5. The van der Waals surface area contributed by atoms with Crippen LogP contribution in [0.3, 0.4) is 0 Å². The van der Waals surface area contributed by atoms with Gasteiger partial charge >= 0.3 is 0 Å². The monoisotopic (exact) mass is 712 g/mol. The molecular formula is C39H44N4O7S. The van der Waals surface area contributed by atoms with Gasteiger partial charge in [-0.1, -0.05) is 60.4 Å². The lowest BCUT2D eigenvalue weighted by Gasteiger charge is -2.26. The highest BCUT2D eigenvalue weighted by atomic mass is 32.2. The van der Waals surface area contributed by atoms with Crippen molar-refractivity contribution in [3.05, 3.63) is 120 Å². The summed E-state index contributed by atoms with van der Waals surface area (Å²) in [5.74, 6) is 6.07. The van der Waals surface area contributed by atoms with E-state index in [1.807, 2.05) is 85.9 Å². The number of para-hydroxylation sites is 2. The van der Waals surface area contributed by atoms with Gasteiger partial charge in [0.1, 0.15) is 23.6 Å². The maximum Gasteiger partial charge on any atom is 0.241 e. The first kappa shape index (κ1) is 37.5. The van der Waals surface area contributed by atoms with Crippen molar-refractivity contribution in [3.8, 4) is 23.3 Å². The van der Waals surface area contributed by atoms with E-state index >= 15 is 0 Å². The second-order valence-corrected chi connectivity index (χ2v) is 14.0. The largest absolute Gasteiger partial charge is 0.457 e. The summed E-state index contributed by atoms with van der Waals surface area (Å²) in [5.41, 5.74) is 2.51. The summed E-state index contributed by atoms with van der Waals surface area (Å²) in [6, 6.07) is 31.8. The van der Waals surface area contributed by atoms with Crippen LogP contribution in [0.15, 0.2) is 114 Å². The molecule has 4 aromatic rings. The third-order valence-corrected chi connectivity index (χ3v) is 9.93. The van der Waals surface area contributed by atoms with Crippen molar-refractivity contribution < 1.29 is 33.0 Å². The summed E-state index contributed by atoms with van der Waals surface area (Å²) < 4.78 is 33.9. The van der Waals surface area contributed by atoms with E-state index in [1.54, 1.807) is 25.1 Å². The Hall–Kier alpha value is -4.74. The van der Waals surface area contributed by atoms with Crippen LogP contribution in [0.2, 0.25) is 0 Å². The molecule has 0 aliphatic carbocycles. The summed E-state index contributed by atoms with van der Waals surface area (Å²) in [4.78, 5) is 21.7. The van der Waals surface area contributed by atoms with E-state index in [1.165, 1.54) is 17.2 Å². The lowest BCUT2D eigenvalue weighted by molar-refractivity contribution is -0.181. The van der Waals surface area contributed by atoms with E-state index in [-0.39, 0.29) is 30.5 Å². The van der Waals surface area contributed by atoms with Crippen LogP contribution in [0.4, 0.5) is 5.69 Å². The zero-order valence-electron chi connectivity index (χ0n) is 28.7. The topological polar surface area (TPSA) is 141 Å². The minimum atomic E-state index is -3.80. The maximum absolute atomic E-state index is 13.5. The number of carbonyl (C=O) groups is 1. The summed E-state index contributed by atoms with van der Waals surface area (Å²) in [6.07, 6.45) is -0.956. The molecule has 268 valence electrons. The molecule has 12 heteroatoms. The van der Waals surface area contributed by atoms with Crippen LogP contribution in [0, 0.1) is 17.8 Å². The zero-order chi connectivity index (χ0) is 36.2. The quantitative estimate of drug-likeness (QED) is 0.107. The zero-order valence-corrected chi connectivity index (χ0v) is 29.5. The van der Waals surface area contributed by atoms with E-state index in [0.29, 0.717) is 30.0 Å². The van der Waals surface area contributed by atoms with E-state index in [9.17, 15) is 23.4 Å². The fraction of sp³-hybridized carbons (Fsp3) is 0.308. The Balaban J connectivity index is 1.17. The molecule has 0 saturated carbocycles. The molecule has 0 spiro atoms. The standard InChI is InChI=1S/C39H44N4O7S/c1-29(45)37-36(28-44)50-43(38(37)39(46)40-23-11-25-42(2)32-15-5-3-6-16-32)27-31-13-9-12-30(26-31)14-10-24-41-51(47,48)35-21-19-34(20-22-35)49-33-17-7-4-8-18-33/h3-9,12-13,15-22,26,29,36-38,41,44-45H,11,23-25,27-28H2,1-2H3,(H,40,46)/t29-,36-,37+,38-/m1/s1. The lowest BCUT2D eigenvalue weighted by Crippen LogP contribution is -2.49. The lowest BCUT2D eigenvalue weighted by atomic mass is 9.89. The molecular weight excluding hydrogens is 669 g/mol. The average molecular weight is 713 g/mol. The van der Waals surface area contributed by atoms with Crippen molar-refractivity contribution in [2.45, 2.75) is 43.0 Å². The fourth-order valence-corrected chi connectivity index (χ4v) is 6.84. The number of ether oxygens (including phenoxy) is 1. The first-order valence-corrected chi connectivity index (χ1v) is 18.3. The molecule has 0 radical (unpaired) electrons. The Morgan fingerprint density at radius 3 is 2.35 bits per heavy atom. The molecule has 11 nitrogen and oxygen atoms in total. The van der Waals surface area contributed by atoms with Gasteiger partial charge in [0.2, 0.25) is 15.9 Å². The molecule has 0 aromatic heterocycles. The third kappa shape index (κ3) is 10.4. The van der Waals surface area contributed by atoms with Gasteiger partial charge in [0, 0.05) is 37.3 Å². The van der Waals surface area contributed by atoms with Gasteiger partial charge < -0.3 is 25.2 Å². The fourth-order valence-electron chi connectivity index (χ4n) is 5.92. The van der Waals surface area contributed by atoms with Gasteiger partial charge in [-0.3, -0.25) is 9.63 Å². The van der Waals surface area contributed by atoms with Gasteiger partial charge in [-0.05, 0) is 79.6 Å². The van der Waals surface area contributed by atoms with Gasteiger partial charge in [-0.2, -0.15) is 9.79 Å². The number of amides is 1. The summed E-state index contributed by atoms with van der Waals surface area (Å²) >= 11 is 0. The number of aliphatic hydroxyl groups is 2. The Kier molecular flexibility index (Phi) is 13.2. The number of hydrogen-bond acceptors (Lipinski definition) is 9. The van der Waals surface area contributed by atoms with E-state index in [2.05, 4.69) is 26.8 Å². The molecule has 1 fully saturated rings. The first-order valence-electron chi connectivity index (χ1n) is 16.8. The number of benzene rings is 4. The minimum absolute atomic E-state index is 0.0899. The second-order valence-electron chi connectivity index (χ2n) is 12.3. The van der Waals surface area contributed by atoms with Crippen LogP contribution in [0.1, 0.15) is 24.5 Å². The first-order chi connectivity index (χ1) is 24.6. The van der Waals surface area contributed by atoms with Crippen molar-refractivity contribution in [1.29, 1.82) is 0 Å². The highest BCUT2D eigenvalue weighted by Gasteiger charge is 2.49. The number of nitrogens with zero attached hydrogens (tertiary/aromatic N) is 2. The summed E-state index contributed by atoms with van der Waals surface area (Å²) in [7, 11) is -1.80. The van der Waals surface area contributed by atoms with Gasteiger partial charge in [0.15, 0.2) is 0 Å². The van der Waals surface area contributed by atoms with Crippen molar-refractivity contribution in [2.24, 2.45) is 5.92 Å². The number of anilines is 1. The number of hydroxylamine groups is 2. The van der Waals surface area contributed by atoms with Crippen molar-refractivity contribution in [3.63, 3.8) is 0 Å². The molecule has 0 unspecified atom stereocenters. The predicted molar refractivity (Wildman–Crippen MR) is 195 cm³/mol. The molecule has 1 amide bonds. The van der Waals surface area contributed by atoms with Crippen LogP contribution in [0.25, 0.3) is 0 Å². The highest BCUT2D eigenvalue weighted by Crippen LogP contribution is 2.32. The van der Waals surface area contributed by atoms with Gasteiger partial charge in [-0.25, -0.2) is 8.42 Å². The number of hydrogen-bond donors (Lipinski definition) is 4. The highest BCUT2D eigenvalue weighted by molar-refractivity contribution is 7.89. The molecule has 1 aliphatic heterocycles. The van der Waals surface area contributed by atoms with Crippen molar-refractivity contribution >= 4 is 21.6 Å². The number of rotatable bonds is 15. The summed E-state index contributed by atoms with van der Waals surface area (Å²) in [6.45, 7) is 2.49. The Morgan fingerprint density at radius 2 is 1.67 bits per heavy atom. The molecule has 1 saturated heterocycles. The van der Waals surface area contributed by atoms with Crippen molar-refractivity contribution in [2.75, 3.05) is 38.2 Å². The van der Waals surface area contributed by atoms with Crippen LogP contribution in [-0.4, -0.2) is 81.1 Å². The van der Waals surface area contributed by atoms with Crippen molar-refractivity contribution in [1.82, 2.24) is 15.1 Å². The van der Waals surface area contributed by atoms with Crippen LogP contribution in [-0.2, 0) is 26.2 Å². The average Bonchev–Trinajstić information content (AvgIpc) is 3.51. The smallest absolute Gasteiger partial charge is 0.241 e. The van der Waals surface area contributed by atoms with E-state index < -0.39 is 34.2 Å². The molecule has 4 N–H and O–H groups in total. The van der Waals surface area contributed by atoms with Crippen LogP contribution in [0.5, 0.6) is 11.5 Å². The molecule has 0 bridgehead atoms. The SMILES string of the molecule is C[C@@H](O)[C@H]1[C@@H](CO)ON(Cc2cccc(C#CCNS(=O)(=O)c3ccc(Oc4ccccc4)cc3)c2)[C@H]1C(=O)NCCCN(C)c1ccccc1. The van der Waals surface area contributed by atoms with Crippen LogP contribution < -0.4 is 19.7 Å². The number of carbonyl (C=O) groups excluding carboxylic acids is 1. The Bertz CT molecular complexity index is 1880. The number of aliphatic hydroxyl groups excluding tert-OH is 2. The number of sulfonamides is 1. The van der Waals surface area contributed by atoms with Gasteiger partial charge in [0.05, 0.1) is 30.7 Å². The molecule has 4 aromatic carbocycles. The molecule has 5 rings (SSSR count). The molecule has 1 aliphatic rings. The number of nitrogens with one attached hydrogen (secondary N) is 2. The third-order valence-electron chi connectivity index (χ3n) is 8.51. The molecule has 4 atom stereocenters. The molecule has 1 heterocycles. The predicted octanol–water partition coefficient (Wildman–Crippen LogP) is 3.93.